The molecule has 0 radical (unpaired) electrons. The van der Waals surface area contributed by atoms with Crippen LogP contribution in [0.1, 0.15) is 50.9 Å². The van der Waals surface area contributed by atoms with E-state index in [1.165, 1.54) is 6.07 Å². The zero-order valence-corrected chi connectivity index (χ0v) is 15.0. The van der Waals surface area contributed by atoms with Gasteiger partial charge in [0.05, 0.1) is 21.4 Å². The topological polar surface area (TPSA) is 100 Å². The average Bonchev–Trinajstić information content (AvgIpc) is 2.87. The largest absolute Gasteiger partial charge is 0.360 e. The van der Waals surface area contributed by atoms with Crippen LogP contribution < -0.4 is 10.6 Å². The average molecular weight is 344 g/mol. The van der Waals surface area contributed by atoms with E-state index >= 15 is 0 Å². The van der Waals surface area contributed by atoms with Crippen LogP contribution in [-0.4, -0.2) is 32.9 Å². The molecule has 1 amide bonds. The van der Waals surface area contributed by atoms with E-state index in [0.717, 1.165) is 12.8 Å². The highest BCUT2D eigenvalue weighted by atomic mass is 16.6. The number of carbonyl (C=O) groups is 1. The number of nitro groups is 1. The third-order valence-corrected chi connectivity index (χ3v) is 4.65. The second kappa shape index (κ2) is 5.84. The monoisotopic (exact) mass is 344 g/mol. The number of amides is 1. The second-order valence-electron chi connectivity index (χ2n) is 8.13. The molecule has 2 heterocycles. The number of benzene rings is 1. The van der Waals surface area contributed by atoms with Crippen molar-refractivity contribution in [2.45, 2.75) is 57.7 Å². The maximum absolute atomic E-state index is 12.8. The van der Waals surface area contributed by atoms with E-state index in [0.29, 0.717) is 16.5 Å². The summed E-state index contributed by atoms with van der Waals surface area (Å²) in [5, 5.41) is 18.3. The molecule has 1 saturated heterocycles. The fourth-order valence-corrected chi connectivity index (χ4v) is 4.18. The molecule has 0 unspecified atom stereocenters. The number of nitrogens with zero attached hydrogens (tertiary/aromatic N) is 1. The highest BCUT2D eigenvalue weighted by molar-refractivity contribution is 6.10. The van der Waals surface area contributed by atoms with Crippen LogP contribution >= 0.6 is 0 Å². The van der Waals surface area contributed by atoms with Crippen LogP contribution in [0.15, 0.2) is 24.4 Å². The van der Waals surface area contributed by atoms with Gasteiger partial charge in [-0.1, -0.05) is 6.07 Å². The molecule has 0 aliphatic carbocycles. The van der Waals surface area contributed by atoms with Crippen molar-refractivity contribution in [1.29, 1.82) is 0 Å². The minimum Gasteiger partial charge on any atom is -0.360 e. The molecule has 3 N–H and O–H groups in total. The normalized spacial score (nSPS) is 19.7. The number of hydrogen-bond donors (Lipinski definition) is 3. The van der Waals surface area contributed by atoms with Crippen LogP contribution in [-0.2, 0) is 0 Å². The molecule has 1 aliphatic heterocycles. The fourth-order valence-electron chi connectivity index (χ4n) is 4.18. The Morgan fingerprint density at radius 2 is 1.88 bits per heavy atom. The first kappa shape index (κ1) is 17.4. The predicted octanol–water partition coefficient (Wildman–Crippen LogP) is 3.12. The molecule has 0 atom stereocenters. The molecule has 1 aromatic heterocycles. The number of aromatic amines is 1. The van der Waals surface area contributed by atoms with E-state index in [4.69, 9.17) is 0 Å². The van der Waals surface area contributed by atoms with Gasteiger partial charge in [0.2, 0.25) is 0 Å². The van der Waals surface area contributed by atoms with Gasteiger partial charge in [-0.2, -0.15) is 0 Å². The lowest BCUT2D eigenvalue weighted by atomic mass is 9.79. The SMILES string of the molecule is CC1(C)CC(NC(=O)c2c[nH]c3cccc([N+](=O)[O-])c23)CC(C)(C)N1. The van der Waals surface area contributed by atoms with Crippen molar-refractivity contribution in [3.8, 4) is 0 Å². The highest BCUT2D eigenvalue weighted by Gasteiger charge is 2.38. The van der Waals surface area contributed by atoms with Gasteiger partial charge >= 0.3 is 0 Å². The van der Waals surface area contributed by atoms with Crippen LogP contribution in [0.5, 0.6) is 0 Å². The van der Waals surface area contributed by atoms with E-state index < -0.39 is 4.92 Å². The smallest absolute Gasteiger partial charge is 0.279 e. The fraction of sp³-hybridized carbons (Fsp3) is 0.500. The van der Waals surface area contributed by atoms with Crippen molar-refractivity contribution >= 4 is 22.5 Å². The summed E-state index contributed by atoms with van der Waals surface area (Å²) < 4.78 is 0. The maximum Gasteiger partial charge on any atom is 0.279 e. The van der Waals surface area contributed by atoms with Gasteiger partial charge in [-0.05, 0) is 46.6 Å². The molecule has 1 aliphatic rings. The standard InChI is InChI=1S/C18H24N4O3/c1-17(2)8-11(9-18(3,4)21-17)20-16(23)12-10-19-13-6-5-7-14(15(12)13)22(24)25/h5-7,10-11,19,21H,8-9H2,1-4H3,(H,20,23). The van der Waals surface area contributed by atoms with Gasteiger partial charge in [-0.15, -0.1) is 0 Å². The quantitative estimate of drug-likeness (QED) is 0.588. The number of nitrogens with one attached hydrogen (secondary N) is 3. The van der Waals surface area contributed by atoms with E-state index in [9.17, 15) is 14.9 Å². The Bertz CT molecular complexity index is 822. The van der Waals surface area contributed by atoms with Crippen LogP contribution in [0.4, 0.5) is 5.69 Å². The van der Waals surface area contributed by atoms with E-state index in [-0.39, 0.29) is 28.7 Å². The lowest BCUT2D eigenvalue weighted by Gasteiger charge is -2.46. The molecule has 1 aromatic carbocycles. The summed E-state index contributed by atoms with van der Waals surface area (Å²) in [6.45, 7) is 8.46. The molecule has 25 heavy (non-hydrogen) atoms. The van der Waals surface area contributed by atoms with Crippen molar-refractivity contribution < 1.29 is 9.72 Å². The second-order valence-corrected chi connectivity index (χ2v) is 8.13. The van der Waals surface area contributed by atoms with E-state index in [2.05, 4.69) is 43.3 Å². The molecular formula is C18H24N4O3. The Kier molecular flexibility index (Phi) is 4.07. The Morgan fingerprint density at radius 1 is 1.24 bits per heavy atom. The zero-order chi connectivity index (χ0) is 18.4. The third-order valence-electron chi connectivity index (χ3n) is 4.65. The number of nitro benzene ring substituents is 1. The van der Waals surface area contributed by atoms with Crippen molar-refractivity contribution in [2.75, 3.05) is 0 Å². The Hall–Kier alpha value is -2.41. The number of non-ortho nitro benzene ring substituents is 1. The summed E-state index contributed by atoms with van der Waals surface area (Å²) in [4.78, 5) is 26.6. The Balaban J connectivity index is 1.89. The van der Waals surface area contributed by atoms with Gasteiger partial charge in [0.25, 0.3) is 11.6 Å². The summed E-state index contributed by atoms with van der Waals surface area (Å²) in [5.41, 5.74) is 0.661. The first-order valence-corrected chi connectivity index (χ1v) is 8.43. The highest BCUT2D eigenvalue weighted by Crippen LogP contribution is 2.31. The molecule has 0 saturated carbocycles. The summed E-state index contributed by atoms with van der Waals surface area (Å²) in [6.07, 6.45) is 3.14. The summed E-state index contributed by atoms with van der Waals surface area (Å²) >= 11 is 0. The number of piperidine rings is 1. The van der Waals surface area contributed by atoms with Gasteiger partial charge in [0, 0.05) is 29.4 Å². The van der Waals surface area contributed by atoms with Gasteiger partial charge in [0.15, 0.2) is 0 Å². The summed E-state index contributed by atoms with van der Waals surface area (Å²) in [6, 6.07) is 4.77. The van der Waals surface area contributed by atoms with Crippen LogP contribution in [0.2, 0.25) is 0 Å². The van der Waals surface area contributed by atoms with Crippen LogP contribution in [0.25, 0.3) is 10.9 Å². The zero-order valence-electron chi connectivity index (χ0n) is 15.0. The van der Waals surface area contributed by atoms with Crippen LogP contribution in [0.3, 0.4) is 0 Å². The molecule has 7 heteroatoms. The first-order chi connectivity index (χ1) is 11.6. The van der Waals surface area contributed by atoms with E-state index in [1.807, 2.05) is 0 Å². The van der Waals surface area contributed by atoms with E-state index in [1.54, 1.807) is 18.3 Å². The van der Waals surface area contributed by atoms with Crippen molar-refractivity contribution in [1.82, 2.24) is 15.6 Å². The van der Waals surface area contributed by atoms with Gasteiger partial charge in [-0.25, -0.2) is 0 Å². The molecule has 7 nitrogen and oxygen atoms in total. The lowest BCUT2D eigenvalue weighted by molar-refractivity contribution is -0.383. The molecule has 134 valence electrons. The summed E-state index contributed by atoms with van der Waals surface area (Å²) in [7, 11) is 0. The number of aromatic nitrogens is 1. The number of fused-ring (bicyclic) bond motifs is 1. The number of carbonyl (C=O) groups excluding carboxylic acids is 1. The number of H-pyrrole nitrogens is 1. The molecule has 3 rings (SSSR count). The molecule has 0 bridgehead atoms. The van der Waals surface area contributed by atoms with Crippen LogP contribution in [0, 0.1) is 10.1 Å². The van der Waals surface area contributed by atoms with Crippen molar-refractivity contribution in [2.24, 2.45) is 0 Å². The minimum absolute atomic E-state index is 0.00599. The van der Waals surface area contributed by atoms with Gasteiger partial charge in [0.1, 0.15) is 0 Å². The number of rotatable bonds is 3. The van der Waals surface area contributed by atoms with Gasteiger partial charge < -0.3 is 15.6 Å². The molecule has 0 spiro atoms. The Morgan fingerprint density at radius 3 is 2.48 bits per heavy atom. The first-order valence-electron chi connectivity index (χ1n) is 8.43. The van der Waals surface area contributed by atoms with Crippen molar-refractivity contribution in [3.63, 3.8) is 0 Å². The Labute approximate surface area is 146 Å². The van der Waals surface area contributed by atoms with Crippen molar-refractivity contribution in [3.05, 3.63) is 40.1 Å². The summed E-state index contributed by atoms with van der Waals surface area (Å²) in [5.74, 6) is -0.279. The molecular weight excluding hydrogens is 320 g/mol. The maximum atomic E-state index is 12.8. The minimum atomic E-state index is -0.455. The predicted molar refractivity (Wildman–Crippen MR) is 96.7 cm³/mol. The molecule has 1 fully saturated rings. The lowest BCUT2D eigenvalue weighted by Crippen LogP contribution is -2.62. The third kappa shape index (κ3) is 3.51. The van der Waals surface area contributed by atoms with Gasteiger partial charge in [-0.3, -0.25) is 14.9 Å². The number of hydrogen-bond acceptors (Lipinski definition) is 4. The molecule has 2 aromatic rings.